The number of nitrogens with zero attached hydrogens (tertiary/aromatic N) is 3. The van der Waals surface area contributed by atoms with Crippen molar-refractivity contribution in [3.05, 3.63) is 29.6 Å². The zero-order chi connectivity index (χ0) is 14.8. The van der Waals surface area contributed by atoms with Crippen molar-refractivity contribution in [3.63, 3.8) is 0 Å². The van der Waals surface area contributed by atoms with Crippen molar-refractivity contribution in [2.45, 2.75) is 30.3 Å². The lowest BCUT2D eigenvalue weighted by atomic mass is 10.2. The first-order valence-corrected chi connectivity index (χ1v) is 7.74. The van der Waals surface area contributed by atoms with Crippen LogP contribution >= 0.6 is 11.8 Å². The fraction of sp³-hybridized carbons (Fsp3) is 0.429. The maximum atomic E-state index is 5.36. The molecule has 21 heavy (non-hydrogen) atoms. The van der Waals surface area contributed by atoms with Crippen LogP contribution < -0.4 is 14.9 Å². The summed E-state index contributed by atoms with van der Waals surface area (Å²) in [4.78, 5) is 0. The summed E-state index contributed by atoms with van der Waals surface area (Å²) in [6.45, 7) is 2.13. The molecule has 0 bridgehead atoms. The van der Waals surface area contributed by atoms with E-state index in [0.29, 0.717) is 0 Å². The molecule has 0 radical (unpaired) electrons. The van der Waals surface area contributed by atoms with Gasteiger partial charge in [-0.2, -0.15) is 0 Å². The van der Waals surface area contributed by atoms with E-state index < -0.39 is 0 Å². The third kappa shape index (κ3) is 2.53. The second-order valence-electron chi connectivity index (χ2n) is 4.73. The molecule has 3 rings (SSSR count). The molecule has 0 saturated carbocycles. The van der Waals surface area contributed by atoms with Gasteiger partial charge in [0.25, 0.3) is 0 Å². The van der Waals surface area contributed by atoms with E-state index in [1.807, 2.05) is 22.9 Å². The van der Waals surface area contributed by atoms with Crippen LogP contribution in [0.1, 0.15) is 30.1 Å². The van der Waals surface area contributed by atoms with Crippen molar-refractivity contribution in [2.24, 2.45) is 0 Å². The SMILES string of the molecule is CCCc1nnc2n1N[C@H](c1ccc(OC)c(OC)c1)S2. The summed E-state index contributed by atoms with van der Waals surface area (Å²) in [6, 6.07) is 5.94. The van der Waals surface area contributed by atoms with Crippen LogP contribution in [0.5, 0.6) is 11.5 Å². The summed E-state index contributed by atoms with van der Waals surface area (Å²) >= 11 is 1.65. The van der Waals surface area contributed by atoms with E-state index in [2.05, 4.69) is 22.5 Å². The second-order valence-corrected chi connectivity index (χ2v) is 5.80. The Kier molecular flexibility index (Phi) is 3.92. The zero-order valence-electron chi connectivity index (χ0n) is 12.3. The number of hydrogen-bond acceptors (Lipinski definition) is 6. The van der Waals surface area contributed by atoms with E-state index in [0.717, 1.165) is 40.9 Å². The zero-order valence-corrected chi connectivity index (χ0v) is 13.1. The van der Waals surface area contributed by atoms with Gasteiger partial charge in [0.1, 0.15) is 5.37 Å². The first kappa shape index (κ1) is 14.1. The monoisotopic (exact) mass is 306 g/mol. The third-order valence-electron chi connectivity index (χ3n) is 3.35. The molecule has 1 aliphatic rings. The van der Waals surface area contributed by atoms with Gasteiger partial charge in [0.2, 0.25) is 5.16 Å². The molecule has 0 unspecified atom stereocenters. The van der Waals surface area contributed by atoms with Gasteiger partial charge >= 0.3 is 0 Å². The van der Waals surface area contributed by atoms with Gasteiger partial charge in [0, 0.05) is 6.42 Å². The van der Waals surface area contributed by atoms with Crippen molar-refractivity contribution in [1.82, 2.24) is 14.9 Å². The lowest BCUT2D eigenvalue weighted by molar-refractivity contribution is 0.354. The molecule has 0 aliphatic carbocycles. The molecule has 0 amide bonds. The molecule has 6 nitrogen and oxygen atoms in total. The predicted octanol–water partition coefficient (Wildman–Crippen LogP) is 2.60. The molecule has 7 heteroatoms. The Morgan fingerprint density at radius 2 is 2.05 bits per heavy atom. The van der Waals surface area contributed by atoms with Crippen LogP contribution in [0.4, 0.5) is 0 Å². The van der Waals surface area contributed by atoms with Crippen molar-refractivity contribution in [1.29, 1.82) is 0 Å². The first-order valence-electron chi connectivity index (χ1n) is 6.86. The fourth-order valence-corrected chi connectivity index (χ4v) is 3.30. The molecule has 112 valence electrons. The predicted molar refractivity (Wildman–Crippen MR) is 81.5 cm³/mol. The van der Waals surface area contributed by atoms with Crippen LogP contribution in [0.2, 0.25) is 0 Å². The number of nitrogens with one attached hydrogen (secondary N) is 1. The quantitative estimate of drug-likeness (QED) is 0.916. The summed E-state index contributed by atoms with van der Waals surface area (Å²) in [5, 5.41) is 9.43. The topological polar surface area (TPSA) is 61.2 Å². The van der Waals surface area contributed by atoms with Gasteiger partial charge in [-0.25, -0.2) is 4.68 Å². The Bertz CT molecular complexity index is 644. The van der Waals surface area contributed by atoms with Crippen LogP contribution in [-0.4, -0.2) is 29.1 Å². The van der Waals surface area contributed by atoms with Gasteiger partial charge in [0.15, 0.2) is 17.3 Å². The number of hydrogen-bond donors (Lipinski definition) is 1. The third-order valence-corrected chi connectivity index (χ3v) is 4.44. The molecule has 2 heterocycles. The molecule has 0 saturated heterocycles. The molecule has 2 aromatic rings. The minimum atomic E-state index is 0.103. The van der Waals surface area contributed by atoms with E-state index in [9.17, 15) is 0 Å². The summed E-state index contributed by atoms with van der Waals surface area (Å²) in [5.74, 6) is 2.44. The number of methoxy groups -OCH3 is 2. The van der Waals surface area contributed by atoms with Gasteiger partial charge in [-0.3, -0.25) is 0 Å². The maximum Gasteiger partial charge on any atom is 0.212 e. The van der Waals surface area contributed by atoms with Crippen molar-refractivity contribution < 1.29 is 9.47 Å². The molecular formula is C14H18N4O2S. The highest BCUT2D eigenvalue weighted by molar-refractivity contribution is 7.99. The Labute approximate surface area is 127 Å². The van der Waals surface area contributed by atoms with Crippen LogP contribution in [0.25, 0.3) is 0 Å². The van der Waals surface area contributed by atoms with Crippen LogP contribution in [0, 0.1) is 0 Å². The highest BCUT2D eigenvalue weighted by Gasteiger charge is 2.27. The molecular weight excluding hydrogens is 288 g/mol. The van der Waals surface area contributed by atoms with E-state index in [1.54, 1.807) is 26.0 Å². The highest BCUT2D eigenvalue weighted by atomic mass is 32.2. The Hall–Kier alpha value is -1.89. The number of ether oxygens (including phenoxy) is 2. The van der Waals surface area contributed by atoms with E-state index in [4.69, 9.17) is 9.47 Å². The van der Waals surface area contributed by atoms with Gasteiger partial charge in [-0.1, -0.05) is 24.8 Å². The molecule has 1 atom stereocenters. The largest absolute Gasteiger partial charge is 0.493 e. The van der Waals surface area contributed by atoms with Crippen molar-refractivity contribution in [2.75, 3.05) is 19.6 Å². The normalized spacial score (nSPS) is 16.4. The van der Waals surface area contributed by atoms with Crippen LogP contribution in [0.3, 0.4) is 0 Å². The van der Waals surface area contributed by atoms with Gasteiger partial charge in [0.05, 0.1) is 14.2 Å². The number of rotatable bonds is 5. The molecule has 1 N–H and O–H groups in total. The summed E-state index contributed by atoms with van der Waals surface area (Å²) in [6.07, 6.45) is 1.96. The Morgan fingerprint density at radius 1 is 1.24 bits per heavy atom. The van der Waals surface area contributed by atoms with E-state index >= 15 is 0 Å². The average Bonchev–Trinajstić information content (AvgIpc) is 3.09. The maximum absolute atomic E-state index is 5.36. The Balaban J connectivity index is 1.84. The lowest BCUT2D eigenvalue weighted by Gasteiger charge is -2.14. The number of fused-ring (bicyclic) bond motifs is 1. The minimum absolute atomic E-state index is 0.103. The smallest absolute Gasteiger partial charge is 0.212 e. The summed E-state index contributed by atoms with van der Waals surface area (Å²) < 4.78 is 12.6. The highest BCUT2D eigenvalue weighted by Crippen LogP contribution is 2.41. The Morgan fingerprint density at radius 3 is 2.76 bits per heavy atom. The molecule has 0 fully saturated rings. The van der Waals surface area contributed by atoms with Gasteiger partial charge in [-0.15, -0.1) is 10.2 Å². The van der Waals surface area contributed by atoms with Crippen molar-refractivity contribution in [3.8, 4) is 11.5 Å². The average molecular weight is 306 g/mol. The number of benzene rings is 1. The number of aryl methyl sites for hydroxylation is 1. The van der Waals surface area contributed by atoms with Gasteiger partial charge < -0.3 is 14.9 Å². The fourth-order valence-electron chi connectivity index (χ4n) is 2.30. The molecule has 1 aliphatic heterocycles. The summed E-state index contributed by atoms with van der Waals surface area (Å²) in [5.41, 5.74) is 4.55. The van der Waals surface area contributed by atoms with E-state index in [-0.39, 0.29) is 5.37 Å². The van der Waals surface area contributed by atoms with Crippen LogP contribution in [-0.2, 0) is 6.42 Å². The summed E-state index contributed by atoms with van der Waals surface area (Å²) in [7, 11) is 3.28. The molecule has 1 aromatic carbocycles. The number of aromatic nitrogens is 3. The molecule has 0 spiro atoms. The lowest BCUT2D eigenvalue weighted by Crippen LogP contribution is -2.15. The van der Waals surface area contributed by atoms with Gasteiger partial charge in [-0.05, 0) is 24.1 Å². The van der Waals surface area contributed by atoms with Crippen molar-refractivity contribution >= 4 is 11.8 Å². The molecule has 1 aromatic heterocycles. The van der Waals surface area contributed by atoms with E-state index in [1.165, 1.54) is 0 Å². The second kappa shape index (κ2) is 5.85. The van der Waals surface area contributed by atoms with Crippen LogP contribution in [0.15, 0.2) is 23.4 Å². The first-order chi connectivity index (χ1) is 10.3. The standard InChI is InChI=1S/C14H18N4O2S/c1-4-5-12-15-16-14-18(12)17-13(21-14)9-6-7-10(19-2)11(8-9)20-3/h6-8,13,17H,4-5H2,1-3H3/t13-/m0/s1. The minimum Gasteiger partial charge on any atom is -0.493 e. The number of thioether (sulfide) groups is 1.